The van der Waals surface area contributed by atoms with Crippen molar-refractivity contribution in [2.24, 2.45) is 0 Å². The lowest BCUT2D eigenvalue weighted by molar-refractivity contribution is 0.0632. The molecule has 1 heterocycles. The molecular weight excluding hydrogens is 327 g/mol. The van der Waals surface area contributed by atoms with E-state index >= 15 is 0 Å². The molecule has 0 radical (unpaired) electrons. The molecule has 1 aromatic carbocycles. The minimum atomic E-state index is -4.13. The Morgan fingerprint density at radius 3 is 2.73 bits per heavy atom. The van der Waals surface area contributed by atoms with Crippen LogP contribution in [0.2, 0.25) is 0 Å². The van der Waals surface area contributed by atoms with E-state index in [-0.39, 0.29) is 12.1 Å². The Morgan fingerprint density at radius 1 is 1.45 bits per heavy atom. The van der Waals surface area contributed by atoms with E-state index < -0.39 is 26.3 Å². The van der Waals surface area contributed by atoms with E-state index in [0.717, 1.165) is 12.1 Å². The summed E-state index contributed by atoms with van der Waals surface area (Å²) >= 11 is 1.37. The fourth-order valence-corrected chi connectivity index (χ4v) is 3.75. The summed E-state index contributed by atoms with van der Waals surface area (Å²) in [6, 6.07) is 6.50. The quantitative estimate of drug-likeness (QED) is 0.870. The minimum Gasteiger partial charge on any atom is -0.384 e. The normalized spacial score (nSPS) is 14.3. The van der Waals surface area contributed by atoms with Gasteiger partial charge in [-0.15, -0.1) is 0 Å². The average Bonchev–Trinajstić information content (AvgIpc) is 3.00. The van der Waals surface area contributed by atoms with E-state index in [0.29, 0.717) is 5.56 Å². The summed E-state index contributed by atoms with van der Waals surface area (Å²) in [5.41, 5.74) is -0.807. The maximum absolute atomic E-state index is 13.8. The Morgan fingerprint density at radius 2 is 2.18 bits per heavy atom. The van der Waals surface area contributed by atoms with Gasteiger partial charge in [0.15, 0.2) is 0 Å². The second-order valence-corrected chi connectivity index (χ2v) is 7.38. The van der Waals surface area contributed by atoms with Gasteiger partial charge in [-0.05, 0) is 47.5 Å². The Hall–Kier alpha value is -1.79. The van der Waals surface area contributed by atoms with Crippen LogP contribution in [0.4, 0.5) is 4.39 Å². The lowest BCUT2D eigenvalue weighted by atomic mass is 10.0. The van der Waals surface area contributed by atoms with Crippen molar-refractivity contribution < 1.29 is 17.9 Å². The molecule has 0 saturated carbocycles. The molecule has 0 aliphatic rings. The molecule has 1 atom stereocenters. The molecule has 0 amide bonds. The van der Waals surface area contributed by atoms with E-state index in [9.17, 15) is 17.9 Å². The Labute approximate surface area is 131 Å². The van der Waals surface area contributed by atoms with E-state index in [1.165, 1.54) is 24.3 Å². The number of nitrogens with zero attached hydrogens (tertiary/aromatic N) is 1. The lowest BCUT2D eigenvalue weighted by Crippen LogP contribution is -2.38. The molecule has 8 heteroatoms. The van der Waals surface area contributed by atoms with Gasteiger partial charge in [-0.3, -0.25) is 0 Å². The van der Waals surface area contributed by atoms with Gasteiger partial charge in [0.1, 0.15) is 16.3 Å². The molecule has 2 aromatic rings. The summed E-state index contributed by atoms with van der Waals surface area (Å²) in [6.45, 7) is 1.16. The van der Waals surface area contributed by atoms with E-state index in [1.807, 2.05) is 0 Å². The first-order chi connectivity index (χ1) is 10.3. The highest BCUT2D eigenvalue weighted by molar-refractivity contribution is 7.89. The van der Waals surface area contributed by atoms with Gasteiger partial charge in [-0.2, -0.15) is 16.6 Å². The number of nitriles is 1. The number of aliphatic hydroxyl groups is 1. The number of sulfonamides is 1. The van der Waals surface area contributed by atoms with Crippen LogP contribution in [0.15, 0.2) is 39.9 Å². The maximum Gasteiger partial charge on any atom is 0.243 e. The summed E-state index contributed by atoms with van der Waals surface area (Å²) in [5.74, 6) is -1.01. The number of hydrogen-bond acceptors (Lipinski definition) is 5. The monoisotopic (exact) mass is 340 g/mol. The van der Waals surface area contributed by atoms with Gasteiger partial charge in [0, 0.05) is 6.54 Å². The third-order valence-corrected chi connectivity index (χ3v) is 5.22. The molecule has 0 aliphatic carbocycles. The number of nitrogens with one attached hydrogen (secondary N) is 1. The van der Waals surface area contributed by atoms with Gasteiger partial charge in [-0.1, -0.05) is 0 Å². The molecule has 5 nitrogen and oxygen atoms in total. The van der Waals surface area contributed by atoms with Crippen molar-refractivity contribution in [1.29, 1.82) is 5.26 Å². The van der Waals surface area contributed by atoms with Crippen LogP contribution < -0.4 is 4.72 Å². The molecule has 1 unspecified atom stereocenters. The molecule has 0 spiro atoms. The third kappa shape index (κ3) is 3.51. The van der Waals surface area contributed by atoms with Crippen LogP contribution in [-0.4, -0.2) is 20.1 Å². The standard InChI is InChI=1S/C14H13FN2O3S2/c1-14(18,11-4-5-21-8-11)9-17-22(19,20)13-3-2-10(7-16)6-12(13)15/h2-6,8,17-18H,9H2,1H3. The summed E-state index contributed by atoms with van der Waals surface area (Å²) in [4.78, 5) is -0.562. The third-order valence-electron chi connectivity index (χ3n) is 3.10. The molecule has 2 N–H and O–H groups in total. The second kappa shape index (κ2) is 6.14. The number of thiophene rings is 1. The van der Waals surface area contributed by atoms with E-state index in [1.54, 1.807) is 22.9 Å². The van der Waals surface area contributed by atoms with Gasteiger partial charge in [-0.25, -0.2) is 17.5 Å². The lowest BCUT2D eigenvalue weighted by Gasteiger charge is -2.22. The van der Waals surface area contributed by atoms with Crippen molar-refractivity contribution in [3.8, 4) is 6.07 Å². The van der Waals surface area contributed by atoms with Crippen LogP contribution in [0.25, 0.3) is 0 Å². The molecule has 116 valence electrons. The van der Waals surface area contributed by atoms with Crippen molar-refractivity contribution in [1.82, 2.24) is 4.72 Å². The fraction of sp³-hybridized carbons (Fsp3) is 0.214. The van der Waals surface area contributed by atoms with Crippen molar-refractivity contribution >= 4 is 21.4 Å². The zero-order valence-electron chi connectivity index (χ0n) is 11.6. The van der Waals surface area contributed by atoms with Crippen molar-refractivity contribution in [3.63, 3.8) is 0 Å². The van der Waals surface area contributed by atoms with Gasteiger partial charge in [0.25, 0.3) is 0 Å². The largest absolute Gasteiger partial charge is 0.384 e. The number of benzene rings is 1. The Kier molecular flexibility index (Phi) is 4.63. The van der Waals surface area contributed by atoms with Crippen molar-refractivity contribution in [3.05, 3.63) is 52.0 Å². The van der Waals surface area contributed by atoms with Crippen LogP contribution in [0.5, 0.6) is 0 Å². The topological polar surface area (TPSA) is 90.2 Å². The predicted molar refractivity (Wildman–Crippen MR) is 80.2 cm³/mol. The van der Waals surface area contributed by atoms with Gasteiger partial charge in [0.2, 0.25) is 10.0 Å². The second-order valence-electron chi connectivity index (χ2n) is 4.87. The Balaban J connectivity index is 2.20. The minimum absolute atomic E-state index is 0.0294. The molecule has 22 heavy (non-hydrogen) atoms. The average molecular weight is 340 g/mol. The Bertz CT molecular complexity index is 809. The summed E-state index contributed by atoms with van der Waals surface area (Å²) < 4.78 is 40.2. The summed E-state index contributed by atoms with van der Waals surface area (Å²) in [5, 5.41) is 22.4. The molecule has 2 rings (SSSR count). The van der Waals surface area contributed by atoms with Crippen LogP contribution in [0, 0.1) is 17.1 Å². The first-order valence-corrected chi connectivity index (χ1v) is 8.63. The maximum atomic E-state index is 13.8. The first kappa shape index (κ1) is 16.6. The van der Waals surface area contributed by atoms with Gasteiger partial charge in [0.05, 0.1) is 11.6 Å². The van der Waals surface area contributed by atoms with Crippen LogP contribution in [-0.2, 0) is 15.6 Å². The van der Waals surface area contributed by atoms with Crippen LogP contribution in [0.3, 0.4) is 0 Å². The zero-order chi connectivity index (χ0) is 16.4. The van der Waals surface area contributed by atoms with Gasteiger partial charge < -0.3 is 5.11 Å². The van der Waals surface area contributed by atoms with E-state index in [2.05, 4.69) is 4.72 Å². The number of rotatable bonds is 5. The molecule has 0 aliphatic heterocycles. The smallest absolute Gasteiger partial charge is 0.243 e. The fourth-order valence-electron chi connectivity index (χ4n) is 1.77. The summed E-state index contributed by atoms with van der Waals surface area (Å²) in [6.07, 6.45) is 0. The predicted octanol–water partition coefficient (Wildman–Crippen LogP) is 1.94. The highest BCUT2D eigenvalue weighted by Gasteiger charge is 2.27. The van der Waals surface area contributed by atoms with Gasteiger partial charge >= 0.3 is 0 Å². The van der Waals surface area contributed by atoms with Crippen molar-refractivity contribution in [2.45, 2.75) is 17.4 Å². The number of hydrogen-bond donors (Lipinski definition) is 2. The molecule has 0 saturated heterocycles. The molecular formula is C14H13FN2O3S2. The molecule has 1 aromatic heterocycles. The van der Waals surface area contributed by atoms with Crippen molar-refractivity contribution in [2.75, 3.05) is 6.54 Å². The highest BCUT2D eigenvalue weighted by Crippen LogP contribution is 2.23. The SMILES string of the molecule is CC(O)(CNS(=O)(=O)c1ccc(C#N)cc1F)c1ccsc1. The molecule has 0 fully saturated rings. The molecule has 0 bridgehead atoms. The van der Waals surface area contributed by atoms with Crippen LogP contribution >= 0.6 is 11.3 Å². The first-order valence-electron chi connectivity index (χ1n) is 6.21. The van der Waals surface area contributed by atoms with E-state index in [4.69, 9.17) is 5.26 Å². The summed E-state index contributed by atoms with van der Waals surface area (Å²) in [7, 11) is -4.13. The zero-order valence-corrected chi connectivity index (χ0v) is 13.2. The highest BCUT2D eigenvalue weighted by atomic mass is 32.2. The van der Waals surface area contributed by atoms with Crippen LogP contribution in [0.1, 0.15) is 18.1 Å². The number of halogens is 1.